The second kappa shape index (κ2) is 5.68. The molecule has 1 N–H and O–H groups in total. The molecule has 0 saturated heterocycles. The summed E-state index contributed by atoms with van der Waals surface area (Å²) in [5.74, 6) is 1.31. The van der Waals surface area contributed by atoms with Gasteiger partial charge >= 0.3 is 0 Å². The first-order valence-corrected chi connectivity index (χ1v) is 8.13. The maximum absolute atomic E-state index is 10.1. The first kappa shape index (κ1) is 15.0. The molecule has 1 unspecified atom stereocenters. The summed E-state index contributed by atoms with van der Waals surface area (Å²) in [5.41, 5.74) is 3.17. The SMILES string of the molecule is CCCCC1Oc2ccc(-c3ccccc3O)cc2C1(C)C. The highest BCUT2D eigenvalue weighted by Gasteiger charge is 2.41. The molecule has 2 aromatic carbocycles. The molecule has 0 bridgehead atoms. The summed E-state index contributed by atoms with van der Waals surface area (Å²) in [6.07, 6.45) is 3.70. The Labute approximate surface area is 132 Å². The number of fused-ring (bicyclic) bond motifs is 1. The van der Waals surface area contributed by atoms with Crippen molar-refractivity contribution in [3.8, 4) is 22.6 Å². The van der Waals surface area contributed by atoms with Gasteiger partial charge in [-0.3, -0.25) is 0 Å². The van der Waals surface area contributed by atoms with E-state index in [1.54, 1.807) is 6.07 Å². The highest BCUT2D eigenvalue weighted by atomic mass is 16.5. The molecule has 2 nitrogen and oxygen atoms in total. The zero-order valence-corrected chi connectivity index (χ0v) is 13.6. The normalized spacial score (nSPS) is 18.8. The van der Waals surface area contributed by atoms with Gasteiger partial charge in [-0.1, -0.05) is 57.9 Å². The maximum atomic E-state index is 10.1. The molecule has 116 valence electrons. The first-order valence-electron chi connectivity index (χ1n) is 8.13. The summed E-state index contributed by atoms with van der Waals surface area (Å²) >= 11 is 0. The van der Waals surface area contributed by atoms with E-state index in [9.17, 15) is 5.11 Å². The second-order valence-electron chi connectivity index (χ2n) is 6.70. The van der Waals surface area contributed by atoms with Crippen LogP contribution in [0.3, 0.4) is 0 Å². The number of phenolic OH excluding ortho intramolecular Hbond substituents is 1. The monoisotopic (exact) mass is 296 g/mol. The topological polar surface area (TPSA) is 29.5 Å². The van der Waals surface area contributed by atoms with E-state index in [4.69, 9.17) is 4.74 Å². The van der Waals surface area contributed by atoms with Gasteiger partial charge in [-0.15, -0.1) is 0 Å². The Bertz CT molecular complexity index is 673. The van der Waals surface area contributed by atoms with Crippen molar-refractivity contribution in [1.82, 2.24) is 0 Å². The minimum absolute atomic E-state index is 0.00487. The molecule has 0 radical (unpaired) electrons. The van der Waals surface area contributed by atoms with E-state index in [2.05, 4.69) is 26.8 Å². The van der Waals surface area contributed by atoms with Gasteiger partial charge in [-0.25, -0.2) is 0 Å². The lowest BCUT2D eigenvalue weighted by Gasteiger charge is -2.26. The molecule has 1 aliphatic rings. The Morgan fingerprint density at radius 1 is 1.14 bits per heavy atom. The maximum Gasteiger partial charge on any atom is 0.123 e. The number of benzene rings is 2. The molecule has 22 heavy (non-hydrogen) atoms. The summed E-state index contributed by atoms with van der Waals surface area (Å²) in [5, 5.41) is 10.1. The zero-order valence-electron chi connectivity index (χ0n) is 13.6. The highest BCUT2D eigenvalue weighted by molar-refractivity contribution is 5.72. The van der Waals surface area contributed by atoms with Crippen LogP contribution in [0.1, 0.15) is 45.6 Å². The van der Waals surface area contributed by atoms with Crippen LogP contribution in [-0.4, -0.2) is 11.2 Å². The Hall–Kier alpha value is -1.96. The molecule has 2 aromatic rings. The molecule has 0 aliphatic carbocycles. The smallest absolute Gasteiger partial charge is 0.123 e. The average molecular weight is 296 g/mol. The van der Waals surface area contributed by atoms with Crippen LogP contribution < -0.4 is 4.74 Å². The van der Waals surface area contributed by atoms with Crippen molar-refractivity contribution in [3.05, 3.63) is 48.0 Å². The van der Waals surface area contributed by atoms with Crippen LogP contribution in [-0.2, 0) is 5.41 Å². The molecule has 0 spiro atoms. The number of rotatable bonds is 4. The van der Waals surface area contributed by atoms with E-state index in [1.165, 1.54) is 18.4 Å². The average Bonchev–Trinajstić information content (AvgIpc) is 2.76. The second-order valence-corrected chi connectivity index (χ2v) is 6.70. The molecule has 1 heterocycles. The van der Waals surface area contributed by atoms with Crippen molar-refractivity contribution < 1.29 is 9.84 Å². The van der Waals surface area contributed by atoms with Gasteiger partial charge < -0.3 is 9.84 Å². The van der Waals surface area contributed by atoms with Gasteiger partial charge in [-0.2, -0.15) is 0 Å². The third-order valence-corrected chi connectivity index (χ3v) is 4.78. The first-order chi connectivity index (χ1) is 10.5. The van der Waals surface area contributed by atoms with Crippen LogP contribution in [0.2, 0.25) is 0 Å². The molecule has 1 atom stereocenters. The van der Waals surface area contributed by atoms with E-state index in [0.29, 0.717) is 5.75 Å². The van der Waals surface area contributed by atoms with Gasteiger partial charge in [0.2, 0.25) is 0 Å². The van der Waals surface area contributed by atoms with Gasteiger partial charge in [-0.05, 0) is 30.2 Å². The van der Waals surface area contributed by atoms with Crippen LogP contribution in [0, 0.1) is 0 Å². The largest absolute Gasteiger partial charge is 0.507 e. The third kappa shape index (κ3) is 2.47. The Morgan fingerprint density at radius 3 is 2.64 bits per heavy atom. The van der Waals surface area contributed by atoms with E-state index in [0.717, 1.165) is 23.3 Å². The fourth-order valence-corrected chi connectivity index (χ4v) is 3.30. The van der Waals surface area contributed by atoms with Crippen LogP contribution >= 0.6 is 0 Å². The van der Waals surface area contributed by atoms with Crippen LogP contribution in [0.5, 0.6) is 11.5 Å². The fourth-order valence-electron chi connectivity index (χ4n) is 3.30. The minimum Gasteiger partial charge on any atom is -0.507 e. The summed E-state index contributed by atoms with van der Waals surface area (Å²) in [7, 11) is 0. The molecule has 1 aliphatic heterocycles. The van der Waals surface area contributed by atoms with Crippen LogP contribution in [0.15, 0.2) is 42.5 Å². The standard InChI is InChI=1S/C20H24O2/c1-4-5-10-19-20(2,3)16-13-14(11-12-18(16)22-19)15-8-6-7-9-17(15)21/h6-9,11-13,19,21H,4-5,10H2,1-3H3. The molecular formula is C20H24O2. The molecule has 2 heteroatoms. The number of unbranched alkanes of at least 4 members (excludes halogenated alkanes) is 1. The van der Waals surface area contributed by atoms with Gasteiger partial charge in [0, 0.05) is 16.5 Å². The summed E-state index contributed by atoms with van der Waals surface area (Å²) < 4.78 is 6.18. The molecule has 0 fully saturated rings. The zero-order chi connectivity index (χ0) is 15.7. The van der Waals surface area contributed by atoms with Crippen LogP contribution in [0.4, 0.5) is 0 Å². The predicted molar refractivity (Wildman–Crippen MR) is 90.5 cm³/mol. The van der Waals surface area contributed by atoms with Crippen LogP contribution in [0.25, 0.3) is 11.1 Å². The minimum atomic E-state index is 0.00487. The number of hydrogen-bond acceptors (Lipinski definition) is 2. The Morgan fingerprint density at radius 2 is 1.91 bits per heavy atom. The Balaban J connectivity index is 1.98. The lowest BCUT2D eigenvalue weighted by Crippen LogP contribution is -2.32. The number of ether oxygens (including phenoxy) is 1. The van der Waals surface area contributed by atoms with Crippen molar-refractivity contribution in [1.29, 1.82) is 0 Å². The molecule has 0 aromatic heterocycles. The van der Waals surface area contributed by atoms with E-state index >= 15 is 0 Å². The van der Waals surface area contributed by atoms with Crippen molar-refractivity contribution in [2.75, 3.05) is 0 Å². The van der Waals surface area contributed by atoms with Crippen molar-refractivity contribution in [3.63, 3.8) is 0 Å². The van der Waals surface area contributed by atoms with Gasteiger partial charge in [0.15, 0.2) is 0 Å². The third-order valence-electron chi connectivity index (χ3n) is 4.78. The fraction of sp³-hybridized carbons (Fsp3) is 0.400. The number of phenols is 1. The quantitative estimate of drug-likeness (QED) is 0.831. The molecular weight excluding hydrogens is 272 g/mol. The highest BCUT2D eigenvalue weighted by Crippen LogP contribution is 2.46. The molecule has 0 saturated carbocycles. The lowest BCUT2D eigenvalue weighted by atomic mass is 9.78. The van der Waals surface area contributed by atoms with Gasteiger partial charge in [0.25, 0.3) is 0 Å². The van der Waals surface area contributed by atoms with E-state index in [1.807, 2.05) is 30.3 Å². The van der Waals surface area contributed by atoms with E-state index in [-0.39, 0.29) is 11.5 Å². The van der Waals surface area contributed by atoms with Crippen molar-refractivity contribution in [2.24, 2.45) is 0 Å². The number of hydrogen-bond donors (Lipinski definition) is 1. The molecule has 0 amide bonds. The van der Waals surface area contributed by atoms with Crippen molar-refractivity contribution >= 4 is 0 Å². The lowest BCUT2D eigenvalue weighted by molar-refractivity contribution is 0.152. The van der Waals surface area contributed by atoms with Gasteiger partial charge in [0.05, 0.1) is 0 Å². The summed E-state index contributed by atoms with van der Waals surface area (Å²) in [6, 6.07) is 13.7. The number of para-hydroxylation sites is 1. The van der Waals surface area contributed by atoms with Gasteiger partial charge in [0.1, 0.15) is 17.6 Å². The summed E-state index contributed by atoms with van der Waals surface area (Å²) in [4.78, 5) is 0. The van der Waals surface area contributed by atoms with E-state index < -0.39 is 0 Å². The number of aromatic hydroxyl groups is 1. The Kier molecular flexibility index (Phi) is 3.86. The summed E-state index contributed by atoms with van der Waals surface area (Å²) in [6.45, 7) is 6.73. The predicted octanol–water partition coefficient (Wildman–Crippen LogP) is 5.29. The molecule has 3 rings (SSSR count). The van der Waals surface area contributed by atoms with Crippen molar-refractivity contribution in [2.45, 2.75) is 51.6 Å².